The fraction of sp³-hybridized carbons (Fsp3) is 0.417. The predicted octanol–water partition coefficient (Wildman–Crippen LogP) is 3.42. The molecule has 0 spiro atoms. The van der Waals surface area contributed by atoms with Crippen molar-refractivity contribution in [3.8, 4) is 0 Å². The maximum absolute atomic E-state index is 11.0. The van der Waals surface area contributed by atoms with E-state index in [-0.39, 0.29) is 0 Å². The van der Waals surface area contributed by atoms with Gasteiger partial charge in [-0.3, -0.25) is 0 Å². The van der Waals surface area contributed by atoms with Crippen molar-refractivity contribution in [3.63, 3.8) is 0 Å². The topological polar surface area (TPSA) is 49.3 Å². The van der Waals surface area contributed by atoms with E-state index in [1.807, 2.05) is 32.0 Å². The van der Waals surface area contributed by atoms with Gasteiger partial charge in [-0.15, -0.1) is 0 Å². The maximum atomic E-state index is 11.0. The van der Waals surface area contributed by atoms with E-state index in [4.69, 9.17) is 5.11 Å². The van der Waals surface area contributed by atoms with E-state index in [2.05, 4.69) is 21.2 Å². The highest BCUT2D eigenvalue weighted by molar-refractivity contribution is 9.10. The Morgan fingerprint density at radius 3 is 2.75 bits per heavy atom. The lowest BCUT2D eigenvalue weighted by atomic mass is 10.1. The second-order valence-corrected chi connectivity index (χ2v) is 4.66. The fourth-order valence-electron chi connectivity index (χ4n) is 1.47. The van der Waals surface area contributed by atoms with Gasteiger partial charge < -0.3 is 10.4 Å². The molecule has 0 heterocycles. The highest BCUT2D eigenvalue weighted by atomic mass is 79.9. The van der Waals surface area contributed by atoms with Crippen LogP contribution in [0.3, 0.4) is 0 Å². The van der Waals surface area contributed by atoms with E-state index in [0.29, 0.717) is 6.42 Å². The van der Waals surface area contributed by atoms with Crippen LogP contribution in [0.1, 0.15) is 25.3 Å². The Labute approximate surface area is 104 Å². The monoisotopic (exact) mass is 285 g/mol. The number of carboxylic acids is 1. The van der Waals surface area contributed by atoms with E-state index < -0.39 is 12.0 Å². The third-order valence-corrected chi connectivity index (χ3v) is 2.99. The molecule has 0 aliphatic carbocycles. The smallest absolute Gasteiger partial charge is 0.326 e. The molecular formula is C12H16BrNO2. The van der Waals surface area contributed by atoms with Crippen LogP contribution in [0.4, 0.5) is 5.69 Å². The first-order chi connectivity index (χ1) is 7.54. The van der Waals surface area contributed by atoms with Crippen molar-refractivity contribution in [2.75, 3.05) is 5.32 Å². The van der Waals surface area contributed by atoms with Crippen LogP contribution in [0.15, 0.2) is 22.7 Å². The first-order valence-electron chi connectivity index (χ1n) is 5.30. The van der Waals surface area contributed by atoms with Gasteiger partial charge in [-0.1, -0.05) is 19.4 Å². The molecule has 0 radical (unpaired) electrons. The standard InChI is InChI=1S/C12H16BrNO2/c1-3-4-11(12(15)16)14-10-6-5-8(2)7-9(10)13/h5-7,11,14H,3-4H2,1-2H3,(H,15,16). The Kier molecular flexibility index (Phi) is 4.80. The largest absolute Gasteiger partial charge is 0.480 e. The van der Waals surface area contributed by atoms with Gasteiger partial charge in [0.05, 0.1) is 0 Å². The van der Waals surface area contributed by atoms with Crippen LogP contribution >= 0.6 is 15.9 Å². The van der Waals surface area contributed by atoms with Crippen molar-refractivity contribution in [3.05, 3.63) is 28.2 Å². The van der Waals surface area contributed by atoms with Crippen molar-refractivity contribution in [2.24, 2.45) is 0 Å². The second kappa shape index (κ2) is 5.89. The van der Waals surface area contributed by atoms with Crippen molar-refractivity contribution in [1.82, 2.24) is 0 Å². The van der Waals surface area contributed by atoms with Crippen LogP contribution in [0.5, 0.6) is 0 Å². The molecule has 0 aliphatic rings. The first-order valence-corrected chi connectivity index (χ1v) is 6.09. The summed E-state index contributed by atoms with van der Waals surface area (Å²) < 4.78 is 0.898. The van der Waals surface area contributed by atoms with Crippen LogP contribution in [-0.4, -0.2) is 17.1 Å². The zero-order valence-corrected chi connectivity index (χ0v) is 11.0. The minimum Gasteiger partial charge on any atom is -0.480 e. The molecule has 4 heteroatoms. The summed E-state index contributed by atoms with van der Waals surface area (Å²) in [6.07, 6.45) is 1.46. The minimum absolute atomic E-state index is 0.524. The van der Waals surface area contributed by atoms with E-state index in [1.54, 1.807) is 0 Å². The Morgan fingerprint density at radius 2 is 2.25 bits per heavy atom. The third kappa shape index (κ3) is 3.52. The van der Waals surface area contributed by atoms with Crippen molar-refractivity contribution < 1.29 is 9.90 Å². The van der Waals surface area contributed by atoms with Crippen molar-refractivity contribution in [1.29, 1.82) is 0 Å². The highest BCUT2D eigenvalue weighted by Gasteiger charge is 2.16. The van der Waals surface area contributed by atoms with Crippen LogP contribution in [-0.2, 0) is 4.79 Å². The minimum atomic E-state index is -0.811. The quantitative estimate of drug-likeness (QED) is 0.872. The summed E-state index contributed by atoms with van der Waals surface area (Å²) in [7, 11) is 0. The molecule has 16 heavy (non-hydrogen) atoms. The van der Waals surface area contributed by atoms with Gasteiger partial charge in [-0.25, -0.2) is 4.79 Å². The molecule has 0 bridgehead atoms. The van der Waals surface area contributed by atoms with Gasteiger partial charge in [0.1, 0.15) is 6.04 Å². The summed E-state index contributed by atoms with van der Waals surface area (Å²) in [6.45, 7) is 3.97. The zero-order valence-electron chi connectivity index (χ0n) is 9.46. The normalized spacial score (nSPS) is 12.2. The van der Waals surface area contributed by atoms with Gasteiger partial charge in [0.15, 0.2) is 0 Å². The number of rotatable bonds is 5. The van der Waals surface area contributed by atoms with Gasteiger partial charge in [-0.05, 0) is 47.0 Å². The summed E-state index contributed by atoms with van der Waals surface area (Å²) in [5.74, 6) is -0.811. The molecule has 1 rings (SSSR count). The third-order valence-electron chi connectivity index (χ3n) is 2.33. The lowest BCUT2D eigenvalue weighted by Crippen LogP contribution is -2.29. The molecule has 0 saturated heterocycles. The molecule has 3 nitrogen and oxygen atoms in total. The van der Waals surface area contributed by atoms with Gasteiger partial charge >= 0.3 is 5.97 Å². The molecular weight excluding hydrogens is 270 g/mol. The number of hydrogen-bond acceptors (Lipinski definition) is 2. The number of carboxylic acid groups (broad SMARTS) is 1. The highest BCUT2D eigenvalue weighted by Crippen LogP contribution is 2.24. The molecule has 1 aromatic carbocycles. The molecule has 0 saturated carbocycles. The van der Waals surface area contributed by atoms with Gasteiger partial charge in [0.2, 0.25) is 0 Å². The Hall–Kier alpha value is -1.03. The average molecular weight is 286 g/mol. The number of halogens is 1. The van der Waals surface area contributed by atoms with Gasteiger partial charge in [-0.2, -0.15) is 0 Å². The Balaban J connectivity index is 2.81. The average Bonchev–Trinajstić information content (AvgIpc) is 2.20. The number of benzene rings is 1. The van der Waals surface area contributed by atoms with Crippen LogP contribution < -0.4 is 5.32 Å². The molecule has 0 amide bonds. The fourth-order valence-corrected chi connectivity index (χ4v) is 2.08. The molecule has 88 valence electrons. The molecule has 0 aromatic heterocycles. The Bertz CT molecular complexity index is 379. The van der Waals surface area contributed by atoms with Gasteiger partial charge in [0.25, 0.3) is 0 Å². The predicted molar refractivity (Wildman–Crippen MR) is 68.8 cm³/mol. The number of nitrogens with one attached hydrogen (secondary N) is 1. The summed E-state index contributed by atoms with van der Waals surface area (Å²) in [5, 5.41) is 12.1. The number of aliphatic carboxylic acids is 1. The lowest BCUT2D eigenvalue weighted by Gasteiger charge is -2.16. The number of anilines is 1. The molecule has 0 fully saturated rings. The summed E-state index contributed by atoms with van der Waals surface area (Å²) >= 11 is 3.42. The number of hydrogen-bond donors (Lipinski definition) is 2. The molecule has 1 atom stereocenters. The first kappa shape index (κ1) is 13.0. The van der Waals surface area contributed by atoms with Crippen LogP contribution in [0.2, 0.25) is 0 Å². The SMILES string of the molecule is CCCC(Nc1ccc(C)cc1Br)C(=O)O. The molecule has 1 aromatic rings. The van der Waals surface area contributed by atoms with Crippen LogP contribution in [0.25, 0.3) is 0 Å². The van der Waals surface area contributed by atoms with Gasteiger partial charge in [0, 0.05) is 10.2 Å². The maximum Gasteiger partial charge on any atom is 0.326 e. The number of carbonyl (C=O) groups is 1. The van der Waals surface area contributed by atoms with E-state index in [1.165, 1.54) is 0 Å². The zero-order chi connectivity index (χ0) is 12.1. The van der Waals surface area contributed by atoms with E-state index in [0.717, 1.165) is 22.1 Å². The molecule has 1 unspecified atom stereocenters. The summed E-state index contributed by atoms with van der Waals surface area (Å²) in [4.78, 5) is 11.0. The number of aryl methyl sites for hydroxylation is 1. The second-order valence-electron chi connectivity index (χ2n) is 3.81. The summed E-state index contributed by atoms with van der Waals surface area (Å²) in [6, 6.07) is 5.29. The van der Waals surface area contributed by atoms with Crippen molar-refractivity contribution in [2.45, 2.75) is 32.7 Å². The van der Waals surface area contributed by atoms with Crippen molar-refractivity contribution >= 4 is 27.6 Å². The Morgan fingerprint density at radius 1 is 1.56 bits per heavy atom. The molecule has 2 N–H and O–H groups in total. The lowest BCUT2D eigenvalue weighted by molar-refractivity contribution is -0.138. The van der Waals surface area contributed by atoms with E-state index in [9.17, 15) is 4.79 Å². The van der Waals surface area contributed by atoms with Crippen LogP contribution in [0, 0.1) is 6.92 Å². The molecule has 0 aliphatic heterocycles. The van der Waals surface area contributed by atoms with E-state index >= 15 is 0 Å². The summed E-state index contributed by atoms with van der Waals surface area (Å²) in [5.41, 5.74) is 1.96.